The molecule has 2 aromatic rings. The van der Waals surface area contributed by atoms with Crippen molar-refractivity contribution in [2.75, 3.05) is 20.0 Å². The van der Waals surface area contributed by atoms with Gasteiger partial charge < -0.3 is 14.8 Å². The van der Waals surface area contributed by atoms with Gasteiger partial charge >= 0.3 is 0 Å². The highest BCUT2D eigenvalue weighted by Crippen LogP contribution is 2.23. The number of hydrogen-bond donors (Lipinski definition) is 1. The molecule has 0 fully saturated rings. The highest BCUT2D eigenvalue weighted by atomic mass is 32.2. The molecule has 0 radical (unpaired) electrons. The molecule has 1 aromatic heterocycles. The van der Waals surface area contributed by atoms with Crippen molar-refractivity contribution in [1.82, 2.24) is 10.3 Å². The van der Waals surface area contributed by atoms with E-state index < -0.39 is 19.0 Å². The fourth-order valence-electron chi connectivity index (χ4n) is 2.68. The number of benzene rings is 1. The average molecular weight is 469 g/mol. The number of hydrogen-bond acceptors (Lipinski definition) is 5. The van der Waals surface area contributed by atoms with E-state index in [1.807, 2.05) is 44.4 Å². The first kappa shape index (κ1) is 25.8. The molecule has 0 aliphatic rings. The molecule has 0 aliphatic heterocycles. The summed E-state index contributed by atoms with van der Waals surface area (Å²) in [7, 11) is 0.171. The van der Waals surface area contributed by atoms with E-state index in [4.69, 9.17) is 9.47 Å². The van der Waals surface area contributed by atoms with Crippen LogP contribution in [0.15, 0.2) is 30.5 Å². The van der Waals surface area contributed by atoms with Gasteiger partial charge in [0.2, 0.25) is 5.44 Å². The first-order valence-electron chi connectivity index (χ1n) is 10.5. The number of ether oxygens (including phenoxy) is 2. The molecule has 1 aromatic carbocycles. The van der Waals surface area contributed by atoms with Crippen molar-refractivity contribution in [2.24, 2.45) is 0 Å². The Hall–Kier alpha value is -2.45. The number of amides is 1. The van der Waals surface area contributed by atoms with Crippen LogP contribution in [0.5, 0.6) is 5.75 Å². The smallest absolute Gasteiger partial charge is 0.272 e. The number of aromatic nitrogens is 1. The quantitative estimate of drug-likeness (QED) is 0.281. The molecule has 170 valence electrons. The van der Waals surface area contributed by atoms with Crippen LogP contribution in [-0.4, -0.2) is 49.9 Å². The van der Waals surface area contributed by atoms with Gasteiger partial charge in [-0.1, -0.05) is 37.4 Å². The fourth-order valence-corrected chi connectivity index (χ4v) is 3.68. The molecule has 1 N–H and O–H groups in total. The van der Waals surface area contributed by atoms with E-state index in [-0.39, 0.29) is 5.91 Å². The summed E-state index contributed by atoms with van der Waals surface area (Å²) in [6, 6.07) is 7.62. The average Bonchev–Trinajstić information content (AvgIpc) is 2.72. The number of thioether (sulfide) groups is 1. The van der Waals surface area contributed by atoms with Crippen LogP contribution in [0.1, 0.15) is 25.8 Å². The summed E-state index contributed by atoms with van der Waals surface area (Å²) >= 11 is 1.33. The van der Waals surface area contributed by atoms with Crippen LogP contribution in [0.4, 0.5) is 0 Å². The molecular formula is C25H32N2O3SSi. The fraction of sp³-hybridized carbons (Fsp3) is 0.440. The summed E-state index contributed by atoms with van der Waals surface area (Å²) in [5.41, 5.74) is 3.73. The SMILES string of the molecule is COCCC#CC(C)(C)NC(=O)C(Oc1ccc2ncc(C#C[Si](C)(C)C)cc2c1)SC. The van der Waals surface area contributed by atoms with Gasteiger partial charge in [-0.2, -0.15) is 0 Å². The minimum atomic E-state index is -1.47. The molecule has 2 rings (SSSR count). The summed E-state index contributed by atoms with van der Waals surface area (Å²) in [5, 5.41) is 3.88. The highest BCUT2D eigenvalue weighted by Gasteiger charge is 2.25. The molecule has 0 spiro atoms. The minimum absolute atomic E-state index is 0.225. The lowest BCUT2D eigenvalue weighted by molar-refractivity contribution is -0.125. The standard InChI is InChI=1S/C25H32N2O3SSi/c1-25(2,13-8-9-14-29-3)27-23(28)24(31-4)30-21-10-11-22-20(17-21)16-19(18-26-22)12-15-32(5,6)7/h10-11,16-18,24H,9,14H2,1-7H3,(H,27,28). The largest absolute Gasteiger partial charge is 0.470 e. The van der Waals surface area contributed by atoms with Crippen molar-refractivity contribution in [1.29, 1.82) is 0 Å². The number of pyridine rings is 1. The Morgan fingerprint density at radius 2 is 2.03 bits per heavy atom. The van der Waals surface area contributed by atoms with Crippen LogP contribution in [0, 0.1) is 23.3 Å². The minimum Gasteiger partial charge on any atom is -0.470 e. The predicted molar refractivity (Wildman–Crippen MR) is 136 cm³/mol. The van der Waals surface area contributed by atoms with Gasteiger partial charge in [0.05, 0.1) is 17.7 Å². The third kappa shape index (κ3) is 8.59. The van der Waals surface area contributed by atoms with Crippen LogP contribution in [0.2, 0.25) is 19.6 Å². The zero-order chi connectivity index (χ0) is 23.8. The number of nitrogens with one attached hydrogen (secondary N) is 1. The highest BCUT2D eigenvalue weighted by molar-refractivity contribution is 7.99. The first-order chi connectivity index (χ1) is 15.0. The maximum absolute atomic E-state index is 12.8. The van der Waals surface area contributed by atoms with Crippen LogP contribution < -0.4 is 10.1 Å². The Balaban J connectivity index is 2.15. The number of nitrogens with zero attached hydrogens (tertiary/aromatic N) is 1. The molecule has 32 heavy (non-hydrogen) atoms. The lowest BCUT2D eigenvalue weighted by Crippen LogP contribution is -2.47. The first-order valence-corrected chi connectivity index (χ1v) is 15.3. The van der Waals surface area contributed by atoms with E-state index in [2.05, 4.69) is 53.2 Å². The van der Waals surface area contributed by atoms with Crippen LogP contribution in [-0.2, 0) is 9.53 Å². The van der Waals surface area contributed by atoms with Crippen molar-refractivity contribution >= 4 is 36.6 Å². The molecule has 1 atom stereocenters. The third-order valence-corrected chi connectivity index (χ3v) is 5.79. The second-order valence-electron chi connectivity index (χ2n) is 8.92. The molecule has 0 saturated carbocycles. The topological polar surface area (TPSA) is 60.5 Å². The van der Waals surface area contributed by atoms with Gasteiger partial charge in [-0.3, -0.25) is 9.78 Å². The van der Waals surface area contributed by atoms with Gasteiger partial charge in [-0.25, -0.2) is 0 Å². The van der Waals surface area contributed by atoms with Crippen LogP contribution in [0.3, 0.4) is 0 Å². The maximum Gasteiger partial charge on any atom is 0.272 e. The summed E-state index contributed by atoms with van der Waals surface area (Å²) in [6.07, 6.45) is 4.26. The van der Waals surface area contributed by atoms with E-state index >= 15 is 0 Å². The van der Waals surface area contributed by atoms with E-state index in [0.717, 1.165) is 16.5 Å². The molecule has 5 nitrogen and oxygen atoms in total. The second-order valence-corrected chi connectivity index (χ2v) is 14.6. The van der Waals surface area contributed by atoms with E-state index in [9.17, 15) is 4.79 Å². The Morgan fingerprint density at radius 3 is 2.69 bits per heavy atom. The van der Waals surface area contributed by atoms with Gasteiger partial charge in [-0.05, 0) is 44.4 Å². The van der Waals surface area contributed by atoms with Crippen LogP contribution >= 0.6 is 11.8 Å². The maximum atomic E-state index is 12.8. The van der Waals surface area contributed by atoms with E-state index in [1.165, 1.54) is 11.8 Å². The zero-order valence-electron chi connectivity index (χ0n) is 20.0. The summed E-state index contributed by atoms with van der Waals surface area (Å²) in [4.78, 5) is 17.3. The van der Waals surface area contributed by atoms with Gasteiger partial charge in [0.25, 0.3) is 5.91 Å². The molecule has 1 heterocycles. The van der Waals surface area contributed by atoms with Crippen molar-refractivity contribution < 1.29 is 14.3 Å². The Morgan fingerprint density at radius 1 is 1.28 bits per heavy atom. The molecule has 0 saturated heterocycles. The second kappa shape index (κ2) is 11.4. The molecule has 1 unspecified atom stereocenters. The lowest BCUT2D eigenvalue weighted by atomic mass is 10.1. The molecular weight excluding hydrogens is 436 g/mol. The van der Waals surface area contributed by atoms with Gasteiger partial charge in [0.15, 0.2) is 0 Å². The monoisotopic (exact) mass is 468 g/mol. The zero-order valence-corrected chi connectivity index (χ0v) is 21.8. The number of carbonyl (C=O) groups is 1. The number of rotatable bonds is 7. The van der Waals surface area contributed by atoms with Crippen molar-refractivity contribution in [3.63, 3.8) is 0 Å². The van der Waals surface area contributed by atoms with E-state index in [0.29, 0.717) is 18.8 Å². The normalized spacial score (nSPS) is 12.2. The number of methoxy groups -OCH3 is 1. The van der Waals surface area contributed by atoms with Gasteiger partial charge in [0, 0.05) is 30.7 Å². The third-order valence-electron chi connectivity index (χ3n) is 4.17. The van der Waals surface area contributed by atoms with Gasteiger partial charge in [0.1, 0.15) is 13.8 Å². The van der Waals surface area contributed by atoms with Crippen LogP contribution in [0.25, 0.3) is 10.9 Å². The molecule has 0 bridgehead atoms. The van der Waals surface area contributed by atoms with Crippen molar-refractivity contribution in [3.8, 4) is 29.1 Å². The van der Waals surface area contributed by atoms with Crippen molar-refractivity contribution in [3.05, 3.63) is 36.0 Å². The lowest BCUT2D eigenvalue weighted by Gasteiger charge is -2.24. The summed E-state index contributed by atoms with van der Waals surface area (Å²) in [6.45, 7) is 10.9. The van der Waals surface area contributed by atoms with Gasteiger partial charge in [-0.15, -0.1) is 17.3 Å². The number of carbonyl (C=O) groups excluding carboxylic acids is 1. The molecule has 0 aliphatic carbocycles. The Bertz CT molecular complexity index is 1070. The summed E-state index contributed by atoms with van der Waals surface area (Å²) < 4.78 is 11.0. The molecule has 1 amide bonds. The Labute approximate surface area is 197 Å². The predicted octanol–water partition coefficient (Wildman–Crippen LogP) is 4.47. The Kier molecular flexibility index (Phi) is 9.21. The summed E-state index contributed by atoms with van der Waals surface area (Å²) in [5.74, 6) is 9.72. The van der Waals surface area contributed by atoms with Crippen molar-refractivity contribution in [2.45, 2.75) is 50.9 Å². The number of fused-ring (bicyclic) bond motifs is 1. The molecule has 7 heteroatoms. The van der Waals surface area contributed by atoms with E-state index in [1.54, 1.807) is 13.3 Å².